The first-order valence-corrected chi connectivity index (χ1v) is 7.13. The van der Waals surface area contributed by atoms with Gasteiger partial charge in [0.1, 0.15) is 6.61 Å². The van der Waals surface area contributed by atoms with Gasteiger partial charge in [-0.25, -0.2) is 9.37 Å². The van der Waals surface area contributed by atoms with Crippen LogP contribution < -0.4 is 10.1 Å². The van der Waals surface area contributed by atoms with Crippen molar-refractivity contribution in [1.29, 1.82) is 0 Å². The lowest BCUT2D eigenvalue weighted by Gasteiger charge is -2.30. The smallest absolute Gasteiger partial charge is 0.250 e. The Morgan fingerprint density at radius 2 is 1.95 bits per heavy atom. The predicted molar refractivity (Wildman–Crippen MR) is 79.4 cm³/mol. The van der Waals surface area contributed by atoms with E-state index in [4.69, 9.17) is 4.74 Å². The zero-order valence-electron chi connectivity index (χ0n) is 13.1. The largest absolute Gasteiger partial charge is 0.474 e. The molecule has 1 aromatic rings. The Labute approximate surface area is 121 Å². The summed E-state index contributed by atoms with van der Waals surface area (Å²) in [6.07, 6.45) is 1.58. The lowest BCUT2D eigenvalue weighted by atomic mass is 10.2. The minimum Gasteiger partial charge on any atom is -0.474 e. The van der Waals surface area contributed by atoms with Crippen molar-refractivity contribution in [2.24, 2.45) is 0 Å². The maximum atomic E-state index is 14.1. The highest BCUT2D eigenvalue weighted by molar-refractivity contribution is 5.23. The summed E-state index contributed by atoms with van der Waals surface area (Å²) in [5.74, 6) is -0.285. The summed E-state index contributed by atoms with van der Waals surface area (Å²) in [6.45, 7) is 10.2. The topological polar surface area (TPSA) is 37.4 Å². The molecule has 1 rings (SSSR count). The van der Waals surface area contributed by atoms with Crippen LogP contribution in [0.3, 0.4) is 0 Å². The minimum absolute atomic E-state index is 0.0882. The Bertz CT molecular complexity index is 402. The van der Waals surface area contributed by atoms with Crippen LogP contribution in [0, 0.1) is 5.82 Å². The first-order valence-electron chi connectivity index (χ1n) is 7.13. The average molecular weight is 283 g/mol. The van der Waals surface area contributed by atoms with Gasteiger partial charge in [0.15, 0.2) is 5.82 Å². The van der Waals surface area contributed by atoms with Crippen molar-refractivity contribution in [3.8, 4) is 5.88 Å². The van der Waals surface area contributed by atoms with Crippen molar-refractivity contribution in [3.63, 3.8) is 0 Å². The zero-order valence-corrected chi connectivity index (χ0v) is 13.1. The van der Waals surface area contributed by atoms with Crippen molar-refractivity contribution < 1.29 is 9.13 Å². The molecule has 0 aliphatic carbocycles. The van der Waals surface area contributed by atoms with Crippen LogP contribution in [0.5, 0.6) is 5.88 Å². The van der Waals surface area contributed by atoms with Gasteiger partial charge in [0.05, 0.1) is 0 Å². The molecule has 0 saturated carbocycles. The molecule has 0 amide bonds. The van der Waals surface area contributed by atoms with E-state index in [0.29, 0.717) is 30.8 Å². The van der Waals surface area contributed by atoms with Crippen LogP contribution >= 0.6 is 0 Å². The lowest BCUT2D eigenvalue weighted by Crippen LogP contribution is -2.39. The molecule has 1 N–H and O–H groups in total. The van der Waals surface area contributed by atoms with Crippen molar-refractivity contribution in [2.75, 3.05) is 20.2 Å². The second-order valence-corrected chi connectivity index (χ2v) is 5.39. The van der Waals surface area contributed by atoms with Crippen molar-refractivity contribution in [3.05, 3.63) is 23.6 Å². The molecule has 20 heavy (non-hydrogen) atoms. The summed E-state index contributed by atoms with van der Waals surface area (Å²) in [7, 11) is 1.78. The van der Waals surface area contributed by atoms with Crippen molar-refractivity contribution in [2.45, 2.75) is 46.3 Å². The number of nitrogens with one attached hydrogen (secondary N) is 1. The molecule has 1 aromatic heterocycles. The van der Waals surface area contributed by atoms with Crippen LogP contribution in [-0.4, -0.2) is 42.2 Å². The molecule has 0 bridgehead atoms. The summed E-state index contributed by atoms with van der Waals surface area (Å²) < 4.78 is 19.6. The number of hydrogen-bond acceptors (Lipinski definition) is 4. The maximum absolute atomic E-state index is 14.1. The van der Waals surface area contributed by atoms with Crippen LogP contribution in [-0.2, 0) is 6.54 Å². The molecule has 1 heterocycles. The third kappa shape index (κ3) is 4.72. The molecule has 0 unspecified atom stereocenters. The molecular weight excluding hydrogens is 257 g/mol. The molecule has 0 spiro atoms. The van der Waals surface area contributed by atoms with E-state index in [-0.39, 0.29) is 11.7 Å². The molecule has 0 saturated heterocycles. The summed E-state index contributed by atoms with van der Waals surface area (Å²) in [6, 6.07) is 2.53. The molecule has 4 nitrogen and oxygen atoms in total. The van der Waals surface area contributed by atoms with Gasteiger partial charge in [-0.15, -0.1) is 0 Å². The van der Waals surface area contributed by atoms with Gasteiger partial charge < -0.3 is 10.1 Å². The minimum atomic E-state index is -0.373. The molecule has 0 aliphatic rings. The number of aromatic nitrogens is 1. The van der Waals surface area contributed by atoms with Crippen LogP contribution in [0.2, 0.25) is 0 Å². The fraction of sp³-hybridized carbons (Fsp3) is 0.667. The molecule has 0 fully saturated rings. The highest BCUT2D eigenvalue weighted by atomic mass is 19.1. The summed E-state index contributed by atoms with van der Waals surface area (Å²) in [5.41, 5.74) is 0.571. The fourth-order valence-electron chi connectivity index (χ4n) is 2.25. The van der Waals surface area contributed by atoms with E-state index in [1.54, 1.807) is 19.3 Å². The van der Waals surface area contributed by atoms with Crippen LogP contribution in [0.1, 0.15) is 33.3 Å². The van der Waals surface area contributed by atoms with Gasteiger partial charge in [-0.2, -0.15) is 0 Å². The first-order chi connectivity index (χ1) is 9.47. The van der Waals surface area contributed by atoms with Crippen LogP contribution in [0.15, 0.2) is 12.3 Å². The first kappa shape index (κ1) is 16.9. The Kier molecular flexibility index (Phi) is 6.88. The maximum Gasteiger partial charge on any atom is 0.250 e. The second-order valence-electron chi connectivity index (χ2n) is 5.39. The predicted octanol–water partition coefficient (Wildman–Crippen LogP) is 2.44. The van der Waals surface area contributed by atoms with Gasteiger partial charge in [0, 0.05) is 36.9 Å². The van der Waals surface area contributed by atoms with Gasteiger partial charge >= 0.3 is 0 Å². The number of rotatable bonds is 8. The molecular formula is C15H26FN3O. The van der Waals surface area contributed by atoms with Gasteiger partial charge in [-0.3, -0.25) is 4.90 Å². The van der Waals surface area contributed by atoms with E-state index in [1.165, 1.54) is 0 Å². The molecule has 0 aromatic carbocycles. The third-order valence-corrected chi connectivity index (χ3v) is 3.22. The Balaban J connectivity index is 2.59. The van der Waals surface area contributed by atoms with Crippen LogP contribution in [0.25, 0.3) is 0 Å². The number of pyridine rings is 1. The zero-order chi connectivity index (χ0) is 15.1. The van der Waals surface area contributed by atoms with E-state index >= 15 is 0 Å². The molecule has 0 aliphatic heterocycles. The normalized spacial score (nSPS) is 11.7. The fourth-order valence-corrected chi connectivity index (χ4v) is 2.25. The van der Waals surface area contributed by atoms with E-state index in [1.807, 2.05) is 0 Å². The standard InChI is InChI=1S/C15H26FN3O/c1-11(2)19(12(3)4)8-9-20-15-14(16)13(10-17-5)6-7-18-15/h6-7,11-12,17H,8-10H2,1-5H3. The highest BCUT2D eigenvalue weighted by Crippen LogP contribution is 2.17. The Morgan fingerprint density at radius 3 is 2.50 bits per heavy atom. The van der Waals surface area contributed by atoms with Gasteiger partial charge in [0.25, 0.3) is 5.88 Å². The van der Waals surface area contributed by atoms with Crippen molar-refractivity contribution in [1.82, 2.24) is 15.2 Å². The van der Waals surface area contributed by atoms with Gasteiger partial charge in [-0.05, 0) is 40.8 Å². The average Bonchev–Trinajstić information content (AvgIpc) is 2.38. The summed E-state index contributed by atoms with van der Waals surface area (Å²) >= 11 is 0. The Hall–Kier alpha value is -1.20. The molecule has 5 heteroatoms. The van der Waals surface area contributed by atoms with Crippen LogP contribution in [0.4, 0.5) is 4.39 Å². The highest BCUT2D eigenvalue weighted by Gasteiger charge is 2.14. The quantitative estimate of drug-likeness (QED) is 0.795. The van der Waals surface area contributed by atoms with E-state index in [2.05, 4.69) is 42.9 Å². The number of ether oxygens (including phenoxy) is 1. The number of halogens is 1. The van der Waals surface area contributed by atoms with Gasteiger partial charge in [-0.1, -0.05) is 0 Å². The monoisotopic (exact) mass is 283 g/mol. The van der Waals surface area contributed by atoms with Gasteiger partial charge in [0.2, 0.25) is 0 Å². The van der Waals surface area contributed by atoms with E-state index in [0.717, 1.165) is 6.54 Å². The van der Waals surface area contributed by atoms with Crippen molar-refractivity contribution >= 4 is 0 Å². The third-order valence-electron chi connectivity index (χ3n) is 3.22. The number of nitrogens with zero attached hydrogens (tertiary/aromatic N) is 2. The second kappa shape index (κ2) is 8.17. The lowest BCUT2D eigenvalue weighted by molar-refractivity contribution is 0.138. The summed E-state index contributed by atoms with van der Waals surface area (Å²) in [4.78, 5) is 6.27. The van der Waals surface area contributed by atoms with E-state index in [9.17, 15) is 4.39 Å². The number of hydrogen-bond donors (Lipinski definition) is 1. The molecule has 0 radical (unpaired) electrons. The molecule has 0 atom stereocenters. The van der Waals surface area contributed by atoms with E-state index < -0.39 is 0 Å². The SMILES string of the molecule is CNCc1ccnc(OCCN(C(C)C)C(C)C)c1F. The Morgan fingerprint density at radius 1 is 1.30 bits per heavy atom. The summed E-state index contributed by atoms with van der Waals surface area (Å²) in [5, 5.41) is 2.92. The molecule has 114 valence electrons.